The van der Waals surface area contributed by atoms with Crippen molar-refractivity contribution in [3.63, 3.8) is 0 Å². The third-order valence-corrected chi connectivity index (χ3v) is 3.60. The summed E-state index contributed by atoms with van der Waals surface area (Å²) in [6.45, 7) is 4.23. The SMILES string of the molecule is Cc1cc(C)n2c(-c3cccs3)cnc2c1. The number of hydrogen-bond donors (Lipinski definition) is 0. The van der Waals surface area contributed by atoms with E-state index in [-0.39, 0.29) is 0 Å². The molecule has 0 unspecified atom stereocenters. The second kappa shape index (κ2) is 3.46. The van der Waals surface area contributed by atoms with E-state index in [9.17, 15) is 0 Å². The van der Waals surface area contributed by atoms with E-state index in [1.165, 1.54) is 21.8 Å². The lowest BCUT2D eigenvalue weighted by molar-refractivity contribution is 1.09. The van der Waals surface area contributed by atoms with Crippen molar-refractivity contribution in [2.45, 2.75) is 13.8 Å². The molecule has 2 nitrogen and oxygen atoms in total. The average molecular weight is 228 g/mol. The number of fused-ring (bicyclic) bond motifs is 1. The summed E-state index contributed by atoms with van der Waals surface area (Å²) >= 11 is 1.75. The highest BCUT2D eigenvalue weighted by atomic mass is 32.1. The van der Waals surface area contributed by atoms with Crippen LogP contribution in [0.1, 0.15) is 11.3 Å². The van der Waals surface area contributed by atoms with Crippen LogP contribution in [-0.4, -0.2) is 9.38 Å². The lowest BCUT2D eigenvalue weighted by atomic mass is 10.2. The largest absolute Gasteiger partial charge is 0.296 e. The summed E-state index contributed by atoms with van der Waals surface area (Å²) in [6.07, 6.45) is 1.95. The van der Waals surface area contributed by atoms with Crippen molar-refractivity contribution < 1.29 is 0 Å². The Kier molecular flexibility index (Phi) is 2.07. The van der Waals surface area contributed by atoms with E-state index >= 15 is 0 Å². The number of imidazole rings is 1. The zero-order valence-corrected chi connectivity index (χ0v) is 10.1. The molecule has 3 aromatic rings. The van der Waals surface area contributed by atoms with Crippen LogP contribution in [0.4, 0.5) is 0 Å². The molecule has 0 fully saturated rings. The maximum Gasteiger partial charge on any atom is 0.137 e. The second-order valence-electron chi connectivity index (χ2n) is 3.99. The van der Waals surface area contributed by atoms with Crippen LogP contribution < -0.4 is 0 Å². The lowest BCUT2D eigenvalue weighted by Gasteiger charge is -2.05. The van der Waals surface area contributed by atoms with Crippen LogP contribution in [0, 0.1) is 13.8 Å². The molecular weight excluding hydrogens is 216 g/mol. The molecule has 0 aliphatic carbocycles. The summed E-state index contributed by atoms with van der Waals surface area (Å²) in [5.41, 5.74) is 4.70. The fourth-order valence-electron chi connectivity index (χ4n) is 2.08. The number of aryl methyl sites for hydroxylation is 2. The normalized spacial score (nSPS) is 11.1. The van der Waals surface area contributed by atoms with E-state index in [1.807, 2.05) is 6.20 Å². The number of thiophene rings is 1. The minimum Gasteiger partial charge on any atom is -0.296 e. The Balaban J connectivity index is 2.36. The number of rotatable bonds is 1. The minimum absolute atomic E-state index is 1.03. The Morgan fingerprint density at radius 2 is 2.12 bits per heavy atom. The van der Waals surface area contributed by atoms with Crippen molar-refractivity contribution in [2.75, 3.05) is 0 Å². The van der Waals surface area contributed by atoms with Crippen LogP contribution in [0.5, 0.6) is 0 Å². The van der Waals surface area contributed by atoms with E-state index in [1.54, 1.807) is 11.3 Å². The van der Waals surface area contributed by atoms with Gasteiger partial charge in [0.25, 0.3) is 0 Å². The Morgan fingerprint density at radius 3 is 2.88 bits per heavy atom. The monoisotopic (exact) mass is 228 g/mol. The molecule has 0 amide bonds. The van der Waals surface area contributed by atoms with Crippen LogP contribution in [0.25, 0.3) is 16.2 Å². The smallest absolute Gasteiger partial charge is 0.137 e. The van der Waals surface area contributed by atoms with Gasteiger partial charge in [-0.25, -0.2) is 4.98 Å². The summed E-state index contributed by atoms with van der Waals surface area (Å²) < 4.78 is 2.21. The first-order valence-corrected chi connectivity index (χ1v) is 6.12. The van der Waals surface area contributed by atoms with Gasteiger partial charge in [0.1, 0.15) is 5.65 Å². The van der Waals surface area contributed by atoms with Crippen molar-refractivity contribution in [3.05, 3.63) is 47.1 Å². The molecule has 3 aromatic heterocycles. The Labute approximate surface area is 98.2 Å². The molecule has 0 N–H and O–H groups in total. The van der Waals surface area contributed by atoms with Crippen LogP contribution in [0.15, 0.2) is 35.8 Å². The topological polar surface area (TPSA) is 17.3 Å². The number of pyridine rings is 1. The summed E-state index contributed by atoms with van der Waals surface area (Å²) in [5, 5.41) is 2.10. The van der Waals surface area contributed by atoms with Gasteiger partial charge in [-0.15, -0.1) is 11.3 Å². The summed E-state index contributed by atoms with van der Waals surface area (Å²) in [5.74, 6) is 0. The van der Waals surface area contributed by atoms with Crippen molar-refractivity contribution in [1.29, 1.82) is 0 Å². The zero-order chi connectivity index (χ0) is 11.1. The van der Waals surface area contributed by atoms with Gasteiger partial charge in [-0.2, -0.15) is 0 Å². The van der Waals surface area contributed by atoms with Crippen molar-refractivity contribution >= 4 is 17.0 Å². The van der Waals surface area contributed by atoms with Gasteiger partial charge in [0.05, 0.1) is 16.8 Å². The van der Waals surface area contributed by atoms with Gasteiger partial charge in [-0.1, -0.05) is 6.07 Å². The molecule has 0 atom stereocenters. The van der Waals surface area contributed by atoms with E-state index in [0.29, 0.717) is 0 Å². The molecule has 0 saturated carbocycles. The Bertz CT molecular complexity index is 635. The first-order valence-electron chi connectivity index (χ1n) is 5.24. The highest BCUT2D eigenvalue weighted by Gasteiger charge is 2.08. The standard InChI is InChI=1S/C13H12N2S/c1-9-6-10(2)15-11(8-14-13(15)7-9)12-4-3-5-16-12/h3-8H,1-2H3. The van der Waals surface area contributed by atoms with Gasteiger partial charge in [0.2, 0.25) is 0 Å². The highest BCUT2D eigenvalue weighted by Crippen LogP contribution is 2.26. The van der Waals surface area contributed by atoms with Crippen LogP contribution in [-0.2, 0) is 0 Å². The first kappa shape index (κ1) is 9.60. The van der Waals surface area contributed by atoms with Crippen molar-refractivity contribution in [2.24, 2.45) is 0 Å². The van der Waals surface area contributed by atoms with Crippen LogP contribution >= 0.6 is 11.3 Å². The second-order valence-corrected chi connectivity index (χ2v) is 4.94. The average Bonchev–Trinajstić information content (AvgIpc) is 2.82. The Hall–Kier alpha value is -1.61. The third-order valence-electron chi connectivity index (χ3n) is 2.71. The minimum atomic E-state index is 1.03. The van der Waals surface area contributed by atoms with E-state index < -0.39 is 0 Å². The fourth-order valence-corrected chi connectivity index (χ4v) is 2.80. The number of aromatic nitrogens is 2. The molecule has 0 aromatic carbocycles. The molecule has 0 aliphatic rings. The van der Waals surface area contributed by atoms with Gasteiger partial charge in [0.15, 0.2) is 0 Å². The molecule has 0 bridgehead atoms. The summed E-state index contributed by atoms with van der Waals surface area (Å²) in [7, 11) is 0. The molecule has 16 heavy (non-hydrogen) atoms. The Morgan fingerprint density at radius 1 is 1.25 bits per heavy atom. The highest BCUT2D eigenvalue weighted by molar-refractivity contribution is 7.13. The molecular formula is C13H12N2S. The van der Waals surface area contributed by atoms with Crippen molar-refractivity contribution in [1.82, 2.24) is 9.38 Å². The van der Waals surface area contributed by atoms with Gasteiger partial charge in [0, 0.05) is 5.69 Å². The lowest BCUT2D eigenvalue weighted by Crippen LogP contribution is -1.93. The molecule has 0 saturated heterocycles. The van der Waals surface area contributed by atoms with Gasteiger partial charge in [-0.05, 0) is 43.0 Å². The quantitative estimate of drug-likeness (QED) is 0.621. The first-order chi connectivity index (χ1) is 7.75. The van der Waals surface area contributed by atoms with Gasteiger partial charge in [-0.3, -0.25) is 4.40 Å². The zero-order valence-electron chi connectivity index (χ0n) is 9.27. The molecule has 80 valence electrons. The summed E-state index contributed by atoms with van der Waals surface area (Å²) in [6, 6.07) is 8.51. The summed E-state index contributed by atoms with van der Waals surface area (Å²) in [4.78, 5) is 5.73. The number of nitrogens with zero attached hydrogens (tertiary/aromatic N) is 2. The van der Waals surface area contributed by atoms with E-state index in [0.717, 1.165) is 5.65 Å². The molecule has 3 heterocycles. The van der Waals surface area contributed by atoms with Gasteiger partial charge < -0.3 is 0 Å². The maximum absolute atomic E-state index is 4.47. The van der Waals surface area contributed by atoms with Gasteiger partial charge >= 0.3 is 0 Å². The number of hydrogen-bond acceptors (Lipinski definition) is 2. The molecule has 0 radical (unpaired) electrons. The predicted octanol–water partition coefficient (Wildman–Crippen LogP) is 3.68. The van der Waals surface area contributed by atoms with Crippen molar-refractivity contribution in [3.8, 4) is 10.6 Å². The van der Waals surface area contributed by atoms with E-state index in [2.05, 4.69) is 52.9 Å². The predicted molar refractivity (Wildman–Crippen MR) is 68.0 cm³/mol. The maximum atomic E-state index is 4.47. The molecule has 3 heteroatoms. The van der Waals surface area contributed by atoms with Crippen LogP contribution in [0.2, 0.25) is 0 Å². The molecule has 3 rings (SSSR count). The fraction of sp³-hybridized carbons (Fsp3) is 0.154. The molecule has 0 aliphatic heterocycles. The molecule has 0 spiro atoms. The third kappa shape index (κ3) is 1.36. The van der Waals surface area contributed by atoms with E-state index in [4.69, 9.17) is 0 Å². The van der Waals surface area contributed by atoms with Crippen LogP contribution in [0.3, 0.4) is 0 Å².